The molecule has 0 saturated heterocycles. The zero-order chi connectivity index (χ0) is 13.1. The lowest BCUT2D eigenvalue weighted by Gasteiger charge is -2.13. The van der Waals surface area contributed by atoms with Crippen molar-refractivity contribution in [2.75, 3.05) is 6.61 Å². The minimum atomic E-state index is -0.209. The van der Waals surface area contributed by atoms with Gasteiger partial charge in [-0.1, -0.05) is 18.2 Å². The maximum absolute atomic E-state index is 11.8. The van der Waals surface area contributed by atoms with Crippen molar-refractivity contribution < 1.29 is 9.90 Å². The van der Waals surface area contributed by atoms with E-state index >= 15 is 0 Å². The van der Waals surface area contributed by atoms with Gasteiger partial charge in [0.2, 0.25) is 5.91 Å². The Morgan fingerprint density at radius 3 is 2.89 bits per heavy atom. The van der Waals surface area contributed by atoms with E-state index in [0.29, 0.717) is 0 Å². The number of para-hydroxylation sites is 1. The molecule has 2 aromatic rings. The van der Waals surface area contributed by atoms with E-state index in [-0.39, 0.29) is 25.1 Å². The number of aliphatic hydroxyl groups excluding tert-OH is 1. The molecule has 4 nitrogen and oxygen atoms in total. The molecule has 0 radical (unpaired) electrons. The van der Waals surface area contributed by atoms with Gasteiger partial charge in [-0.3, -0.25) is 4.79 Å². The highest BCUT2D eigenvalue weighted by Crippen LogP contribution is 2.18. The number of carbonyl (C=O) groups excluding carboxylic acids is 1. The first-order chi connectivity index (χ1) is 8.61. The number of rotatable bonds is 4. The Balaban J connectivity index is 2.21. The first-order valence-electron chi connectivity index (χ1n) is 6.07. The van der Waals surface area contributed by atoms with Crippen molar-refractivity contribution in [3.05, 3.63) is 36.0 Å². The molecule has 1 aromatic heterocycles. The molecule has 2 N–H and O–H groups in total. The molecule has 1 atom stereocenters. The highest BCUT2D eigenvalue weighted by atomic mass is 16.3. The van der Waals surface area contributed by atoms with Crippen LogP contribution in [0.4, 0.5) is 0 Å². The van der Waals surface area contributed by atoms with Crippen LogP contribution < -0.4 is 5.32 Å². The molecule has 1 unspecified atom stereocenters. The number of amides is 1. The summed E-state index contributed by atoms with van der Waals surface area (Å²) in [7, 11) is 0. The zero-order valence-corrected chi connectivity index (χ0v) is 10.7. The van der Waals surface area contributed by atoms with Gasteiger partial charge in [-0.15, -0.1) is 0 Å². The maximum atomic E-state index is 11.8. The van der Waals surface area contributed by atoms with E-state index in [1.165, 1.54) is 0 Å². The number of fused-ring (bicyclic) bond motifs is 1. The molecule has 2 rings (SSSR count). The fourth-order valence-electron chi connectivity index (χ4n) is 2.07. The Bertz CT molecular complexity index is 560. The maximum Gasteiger partial charge on any atom is 0.240 e. The highest BCUT2D eigenvalue weighted by Gasteiger charge is 2.10. The van der Waals surface area contributed by atoms with Gasteiger partial charge >= 0.3 is 0 Å². The zero-order valence-electron chi connectivity index (χ0n) is 10.7. The molecule has 1 aromatic carbocycles. The summed E-state index contributed by atoms with van der Waals surface area (Å²) >= 11 is 0. The van der Waals surface area contributed by atoms with Crippen molar-refractivity contribution >= 4 is 16.8 Å². The average Bonchev–Trinajstić information content (AvgIpc) is 2.66. The number of carbonyl (C=O) groups is 1. The summed E-state index contributed by atoms with van der Waals surface area (Å²) in [6, 6.07) is 9.85. The van der Waals surface area contributed by atoms with E-state index in [4.69, 9.17) is 5.11 Å². The molecular weight excluding hydrogens is 228 g/mol. The van der Waals surface area contributed by atoms with E-state index in [1.807, 2.05) is 35.8 Å². The summed E-state index contributed by atoms with van der Waals surface area (Å²) in [5, 5.41) is 12.8. The summed E-state index contributed by atoms with van der Waals surface area (Å²) in [4.78, 5) is 11.8. The van der Waals surface area contributed by atoms with Crippen LogP contribution in [-0.2, 0) is 11.3 Å². The molecular formula is C14H18N2O2. The number of hydrogen-bond acceptors (Lipinski definition) is 2. The lowest BCUT2D eigenvalue weighted by Crippen LogP contribution is -2.37. The summed E-state index contributed by atoms with van der Waals surface area (Å²) in [6.45, 7) is 4.00. The number of aromatic nitrogens is 1. The smallest absolute Gasteiger partial charge is 0.240 e. The summed E-state index contributed by atoms with van der Waals surface area (Å²) in [5.41, 5.74) is 2.12. The molecule has 96 valence electrons. The second-order valence-corrected chi connectivity index (χ2v) is 4.58. The van der Waals surface area contributed by atoms with Gasteiger partial charge in [0.25, 0.3) is 0 Å². The van der Waals surface area contributed by atoms with Gasteiger partial charge in [-0.2, -0.15) is 0 Å². The third-order valence-corrected chi connectivity index (χ3v) is 3.00. The Kier molecular flexibility index (Phi) is 3.67. The van der Waals surface area contributed by atoms with Gasteiger partial charge in [0.05, 0.1) is 6.61 Å². The van der Waals surface area contributed by atoms with E-state index < -0.39 is 0 Å². The molecule has 0 saturated carbocycles. The van der Waals surface area contributed by atoms with Gasteiger partial charge in [0, 0.05) is 17.3 Å². The van der Waals surface area contributed by atoms with Crippen LogP contribution in [-0.4, -0.2) is 28.2 Å². The van der Waals surface area contributed by atoms with Crippen LogP contribution in [0.2, 0.25) is 0 Å². The monoisotopic (exact) mass is 246 g/mol. The first kappa shape index (κ1) is 12.6. The predicted molar refractivity (Wildman–Crippen MR) is 71.4 cm³/mol. The molecule has 1 heterocycles. The number of aliphatic hydroxyl groups is 1. The van der Waals surface area contributed by atoms with Crippen LogP contribution in [0, 0.1) is 6.92 Å². The number of nitrogens with zero attached hydrogens (tertiary/aromatic N) is 1. The molecule has 4 heteroatoms. The van der Waals surface area contributed by atoms with Crippen LogP contribution in [0.5, 0.6) is 0 Å². The highest BCUT2D eigenvalue weighted by molar-refractivity contribution is 5.84. The molecule has 0 bridgehead atoms. The number of nitrogens with one attached hydrogen (secondary N) is 1. The normalized spacial score (nSPS) is 12.6. The molecule has 0 fully saturated rings. The lowest BCUT2D eigenvalue weighted by atomic mass is 10.2. The molecule has 0 aliphatic carbocycles. The van der Waals surface area contributed by atoms with Gasteiger partial charge in [-0.05, 0) is 31.4 Å². The molecule has 0 spiro atoms. The fraction of sp³-hybridized carbons (Fsp3) is 0.357. The summed E-state index contributed by atoms with van der Waals surface area (Å²) in [5.74, 6) is -0.0824. The predicted octanol–water partition coefficient (Wildman–Crippen LogP) is 1.45. The van der Waals surface area contributed by atoms with Crippen molar-refractivity contribution in [2.45, 2.75) is 26.4 Å². The fourth-order valence-corrected chi connectivity index (χ4v) is 2.07. The van der Waals surface area contributed by atoms with Crippen molar-refractivity contribution in [3.8, 4) is 0 Å². The minimum Gasteiger partial charge on any atom is -0.394 e. The van der Waals surface area contributed by atoms with Gasteiger partial charge in [0.15, 0.2) is 0 Å². The minimum absolute atomic E-state index is 0.0445. The van der Waals surface area contributed by atoms with Gasteiger partial charge in [0.1, 0.15) is 6.54 Å². The molecule has 0 aliphatic rings. The number of benzene rings is 1. The molecule has 0 aliphatic heterocycles. The van der Waals surface area contributed by atoms with E-state index in [0.717, 1.165) is 16.6 Å². The standard InChI is InChI=1S/C14H18N2O2/c1-10(9-17)15-14(18)8-16-11(2)7-12-5-3-4-6-13(12)16/h3-7,10,17H,8-9H2,1-2H3,(H,15,18). The third kappa shape index (κ3) is 2.54. The van der Waals surface area contributed by atoms with Crippen molar-refractivity contribution in [1.82, 2.24) is 9.88 Å². The van der Waals surface area contributed by atoms with Crippen LogP contribution in [0.1, 0.15) is 12.6 Å². The van der Waals surface area contributed by atoms with Crippen LogP contribution in [0.15, 0.2) is 30.3 Å². The molecule has 1 amide bonds. The lowest BCUT2D eigenvalue weighted by molar-refractivity contribution is -0.122. The Morgan fingerprint density at radius 2 is 2.17 bits per heavy atom. The number of hydrogen-bond donors (Lipinski definition) is 2. The van der Waals surface area contributed by atoms with E-state index in [1.54, 1.807) is 6.92 Å². The Hall–Kier alpha value is -1.81. The Morgan fingerprint density at radius 1 is 1.44 bits per heavy atom. The topological polar surface area (TPSA) is 54.3 Å². The van der Waals surface area contributed by atoms with Crippen LogP contribution in [0.25, 0.3) is 10.9 Å². The summed E-state index contributed by atoms with van der Waals surface area (Å²) in [6.07, 6.45) is 0. The van der Waals surface area contributed by atoms with Crippen LogP contribution >= 0.6 is 0 Å². The first-order valence-corrected chi connectivity index (χ1v) is 6.07. The average molecular weight is 246 g/mol. The van der Waals surface area contributed by atoms with Gasteiger partial charge < -0.3 is 15.0 Å². The van der Waals surface area contributed by atoms with Gasteiger partial charge in [-0.25, -0.2) is 0 Å². The summed E-state index contributed by atoms with van der Waals surface area (Å²) < 4.78 is 1.98. The van der Waals surface area contributed by atoms with Crippen molar-refractivity contribution in [3.63, 3.8) is 0 Å². The van der Waals surface area contributed by atoms with Crippen molar-refractivity contribution in [1.29, 1.82) is 0 Å². The quantitative estimate of drug-likeness (QED) is 0.858. The SMILES string of the molecule is Cc1cc2ccccc2n1CC(=O)NC(C)CO. The number of aryl methyl sites for hydroxylation is 1. The van der Waals surface area contributed by atoms with Crippen molar-refractivity contribution in [2.24, 2.45) is 0 Å². The Labute approximate surface area is 106 Å². The molecule has 18 heavy (non-hydrogen) atoms. The van der Waals surface area contributed by atoms with E-state index in [9.17, 15) is 4.79 Å². The third-order valence-electron chi connectivity index (χ3n) is 3.00. The van der Waals surface area contributed by atoms with E-state index in [2.05, 4.69) is 11.4 Å². The second kappa shape index (κ2) is 5.23. The second-order valence-electron chi connectivity index (χ2n) is 4.58. The largest absolute Gasteiger partial charge is 0.394 e. The van der Waals surface area contributed by atoms with Crippen LogP contribution in [0.3, 0.4) is 0 Å².